The molecule has 1 aromatic carbocycles. The van der Waals surface area contributed by atoms with E-state index in [0.717, 1.165) is 5.56 Å². The highest BCUT2D eigenvalue weighted by Gasteiger charge is 2.18. The third-order valence-corrected chi connectivity index (χ3v) is 2.52. The number of ether oxygens (including phenoxy) is 1. The third-order valence-electron chi connectivity index (χ3n) is 2.52. The Hall–Kier alpha value is -2.10. The van der Waals surface area contributed by atoms with Gasteiger partial charge >= 0.3 is 0 Å². The van der Waals surface area contributed by atoms with Gasteiger partial charge in [0.2, 0.25) is 5.88 Å². The Kier molecular flexibility index (Phi) is 3.23. The van der Waals surface area contributed by atoms with E-state index < -0.39 is 0 Å². The first kappa shape index (κ1) is 11.4. The summed E-state index contributed by atoms with van der Waals surface area (Å²) in [5.74, 6) is 0.152. The molecular weight excluding hydrogens is 218 g/mol. The standard InChI is InChI=1S/C13H15NO3/c1-2-17-11-10(12(15)14-13(11)16)8-9-6-4-3-5-7-9/h3-7,14-16H,2,8H2,1H3. The number of aromatic nitrogens is 1. The van der Waals surface area contributed by atoms with Gasteiger partial charge in [0, 0.05) is 6.42 Å². The Morgan fingerprint density at radius 1 is 1.12 bits per heavy atom. The van der Waals surface area contributed by atoms with E-state index in [9.17, 15) is 10.2 Å². The Labute approximate surface area is 99.5 Å². The summed E-state index contributed by atoms with van der Waals surface area (Å²) in [5.41, 5.74) is 1.62. The van der Waals surface area contributed by atoms with Crippen molar-refractivity contribution in [3.05, 3.63) is 41.5 Å². The van der Waals surface area contributed by atoms with E-state index in [1.807, 2.05) is 37.3 Å². The molecule has 0 saturated carbocycles. The Balaban J connectivity index is 2.31. The first-order valence-electron chi connectivity index (χ1n) is 5.51. The molecule has 0 bridgehead atoms. The van der Waals surface area contributed by atoms with Crippen molar-refractivity contribution in [1.82, 2.24) is 4.98 Å². The lowest BCUT2D eigenvalue weighted by molar-refractivity contribution is 0.314. The van der Waals surface area contributed by atoms with E-state index in [0.29, 0.717) is 24.3 Å². The highest BCUT2D eigenvalue weighted by molar-refractivity contribution is 5.51. The molecule has 90 valence electrons. The largest absolute Gasteiger partial charge is 0.494 e. The van der Waals surface area contributed by atoms with Crippen LogP contribution in [0.4, 0.5) is 0 Å². The van der Waals surface area contributed by atoms with Gasteiger partial charge in [-0.2, -0.15) is 0 Å². The molecule has 4 heteroatoms. The second kappa shape index (κ2) is 4.82. The highest BCUT2D eigenvalue weighted by atomic mass is 16.5. The average Bonchev–Trinajstić information content (AvgIpc) is 2.58. The predicted molar refractivity (Wildman–Crippen MR) is 64.5 cm³/mol. The van der Waals surface area contributed by atoms with Gasteiger partial charge in [-0.05, 0) is 12.5 Å². The predicted octanol–water partition coefficient (Wildman–Crippen LogP) is 2.42. The molecule has 0 radical (unpaired) electrons. The number of benzene rings is 1. The molecule has 0 unspecified atom stereocenters. The molecule has 1 heterocycles. The van der Waals surface area contributed by atoms with Crippen molar-refractivity contribution in [3.8, 4) is 17.5 Å². The van der Waals surface area contributed by atoms with E-state index >= 15 is 0 Å². The van der Waals surface area contributed by atoms with Crippen LogP contribution in [-0.4, -0.2) is 21.8 Å². The van der Waals surface area contributed by atoms with Gasteiger partial charge in [0.25, 0.3) is 0 Å². The van der Waals surface area contributed by atoms with E-state index in [4.69, 9.17) is 4.74 Å². The quantitative estimate of drug-likeness (QED) is 0.759. The number of nitrogens with one attached hydrogen (secondary N) is 1. The number of H-pyrrole nitrogens is 1. The minimum atomic E-state index is -0.129. The van der Waals surface area contributed by atoms with Crippen LogP contribution in [0.2, 0.25) is 0 Å². The fraction of sp³-hybridized carbons (Fsp3) is 0.231. The smallest absolute Gasteiger partial charge is 0.235 e. The summed E-state index contributed by atoms with van der Waals surface area (Å²) in [7, 11) is 0. The maximum Gasteiger partial charge on any atom is 0.235 e. The van der Waals surface area contributed by atoms with Gasteiger partial charge in [0.15, 0.2) is 11.6 Å². The molecule has 0 saturated heterocycles. The number of aromatic hydroxyl groups is 2. The maximum absolute atomic E-state index is 9.70. The van der Waals surface area contributed by atoms with Crippen LogP contribution < -0.4 is 4.74 Å². The summed E-state index contributed by atoms with van der Waals surface area (Å²) in [4.78, 5) is 2.47. The lowest BCUT2D eigenvalue weighted by Gasteiger charge is -2.05. The number of rotatable bonds is 4. The Morgan fingerprint density at radius 2 is 1.82 bits per heavy atom. The summed E-state index contributed by atoms with van der Waals surface area (Å²) in [5, 5.41) is 19.3. The molecule has 0 aliphatic rings. The van der Waals surface area contributed by atoms with Gasteiger partial charge in [-0.3, -0.25) is 4.98 Å². The molecule has 0 atom stereocenters. The van der Waals surface area contributed by atoms with Crippen LogP contribution in [-0.2, 0) is 6.42 Å². The average molecular weight is 233 g/mol. The first-order chi connectivity index (χ1) is 8.22. The first-order valence-corrected chi connectivity index (χ1v) is 5.51. The summed E-state index contributed by atoms with van der Waals surface area (Å²) in [6.07, 6.45) is 0.513. The summed E-state index contributed by atoms with van der Waals surface area (Å²) in [6, 6.07) is 9.71. The van der Waals surface area contributed by atoms with Crippen LogP contribution in [0.25, 0.3) is 0 Å². The normalized spacial score (nSPS) is 10.4. The number of hydrogen-bond acceptors (Lipinski definition) is 3. The minimum Gasteiger partial charge on any atom is -0.494 e. The summed E-state index contributed by atoms with van der Waals surface area (Å²) in [6.45, 7) is 2.27. The van der Waals surface area contributed by atoms with Crippen molar-refractivity contribution in [2.24, 2.45) is 0 Å². The zero-order chi connectivity index (χ0) is 12.3. The molecule has 0 aliphatic heterocycles. The number of aromatic amines is 1. The van der Waals surface area contributed by atoms with Gasteiger partial charge < -0.3 is 14.9 Å². The highest BCUT2D eigenvalue weighted by Crippen LogP contribution is 2.38. The monoisotopic (exact) mass is 233 g/mol. The van der Waals surface area contributed by atoms with Crippen molar-refractivity contribution < 1.29 is 14.9 Å². The molecule has 0 aliphatic carbocycles. The molecule has 0 spiro atoms. The molecule has 2 rings (SSSR count). The van der Waals surface area contributed by atoms with Crippen molar-refractivity contribution in [1.29, 1.82) is 0 Å². The second-order valence-corrected chi connectivity index (χ2v) is 3.73. The molecular formula is C13H15NO3. The molecule has 1 aromatic heterocycles. The van der Waals surface area contributed by atoms with Crippen LogP contribution in [0.1, 0.15) is 18.1 Å². The molecule has 2 aromatic rings. The summed E-state index contributed by atoms with van der Waals surface area (Å²) < 4.78 is 5.32. The third kappa shape index (κ3) is 2.36. The minimum absolute atomic E-state index is 0.0465. The zero-order valence-electron chi connectivity index (χ0n) is 9.60. The molecule has 3 N–H and O–H groups in total. The zero-order valence-corrected chi connectivity index (χ0v) is 9.60. The topological polar surface area (TPSA) is 65.5 Å². The van der Waals surface area contributed by atoms with Gasteiger partial charge in [0.1, 0.15) is 0 Å². The fourth-order valence-corrected chi connectivity index (χ4v) is 1.76. The Bertz CT molecular complexity index is 491. The lowest BCUT2D eigenvalue weighted by Crippen LogP contribution is -1.95. The van der Waals surface area contributed by atoms with Crippen LogP contribution in [0.15, 0.2) is 30.3 Å². The van der Waals surface area contributed by atoms with Crippen LogP contribution in [0.3, 0.4) is 0 Å². The molecule has 0 fully saturated rings. The van der Waals surface area contributed by atoms with E-state index in [2.05, 4.69) is 4.98 Å². The summed E-state index contributed by atoms with van der Waals surface area (Å²) >= 11 is 0. The number of hydrogen-bond donors (Lipinski definition) is 3. The molecule has 4 nitrogen and oxygen atoms in total. The lowest BCUT2D eigenvalue weighted by atomic mass is 10.1. The molecule has 0 amide bonds. The van der Waals surface area contributed by atoms with Crippen LogP contribution in [0, 0.1) is 0 Å². The fourth-order valence-electron chi connectivity index (χ4n) is 1.76. The molecule has 17 heavy (non-hydrogen) atoms. The second-order valence-electron chi connectivity index (χ2n) is 3.73. The van der Waals surface area contributed by atoms with Crippen molar-refractivity contribution in [2.75, 3.05) is 6.61 Å². The van der Waals surface area contributed by atoms with Gasteiger partial charge in [0.05, 0.1) is 12.2 Å². The van der Waals surface area contributed by atoms with Gasteiger partial charge in [-0.1, -0.05) is 30.3 Å². The van der Waals surface area contributed by atoms with Gasteiger partial charge in [-0.25, -0.2) is 0 Å². The van der Waals surface area contributed by atoms with E-state index in [-0.39, 0.29) is 11.8 Å². The van der Waals surface area contributed by atoms with Crippen molar-refractivity contribution in [2.45, 2.75) is 13.3 Å². The van der Waals surface area contributed by atoms with E-state index in [1.54, 1.807) is 0 Å². The van der Waals surface area contributed by atoms with Crippen molar-refractivity contribution >= 4 is 0 Å². The van der Waals surface area contributed by atoms with E-state index in [1.165, 1.54) is 0 Å². The Morgan fingerprint density at radius 3 is 2.47 bits per heavy atom. The SMILES string of the molecule is CCOc1c(O)[nH]c(O)c1Cc1ccccc1. The maximum atomic E-state index is 9.70. The van der Waals surface area contributed by atoms with Crippen molar-refractivity contribution in [3.63, 3.8) is 0 Å². The van der Waals surface area contributed by atoms with Gasteiger partial charge in [-0.15, -0.1) is 0 Å². The van der Waals surface area contributed by atoms with Crippen LogP contribution in [0.5, 0.6) is 17.5 Å². The van der Waals surface area contributed by atoms with Crippen LogP contribution >= 0.6 is 0 Å².